The quantitative estimate of drug-likeness (QED) is 0.812. The van der Waals surface area contributed by atoms with Gasteiger partial charge in [0.2, 0.25) is 0 Å². The van der Waals surface area contributed by atoms with Crippen LogP contribution in [0.1, 0.15) is 38.1 Å². The van der Waals surface area contributed by atoms with E-state index in [0.29, 0.717) is 18.0 Å². The van der Waals surface area contributed by atoms with Crippen molar-refractivity contribution in [3.63, 3.8) is 0 Å². The summed E-state index contributed by atoms with van der Waals surface area (Å²) in [4.78, 5) is 11.9. The van der Waals surface area contributed by atoms with Crippen LogP contribution in [0.2, 0.25) is 0 Å². The molecule has 0 saturated heterocycles. The summed E-state index contributed by atoms with van der Waals surface area (Å²) in [7, 11) is 0. The fourth-order valence-electron chi connectivity index (χ4n) is 1.43. The normalized spacial score (nSPS) is 11.5. The van der Waals surface area contributed by atoms with Gasteiger partial charge in [-0.15, -0.1) is 11.6 Å². The first-order valence-electron chi connectivity index (χ1n) is 6.45. The van der Waals surface area contributed by atoms with Crippen LogP contribution in [0.25, 0.3) is 0 Å². The van der Waals surface area contributed by atoms with Crippen LogP contribution in [0.3, 0.4) is 0 Å². The van der Waals surface area contributed by atoms with E-state index in [2.05, 4.69) is 5.32 Å². The molecule has 4 heteroatoms. The molecule has 0 radical (unpaired) electrons. The first-order chi connectivity index (χ1) is 8.84. The van der Waals surface area contributed by atoms with Gasteiger partial charge in [-0.25, -0.2) is 0 Å². The number of nitrogens with one attached hydrogen (secondary N) is 1. The molecule has 0 bridgehead atoms. The molecule has 0 aliphatic carbocycles. The smallest absolute Gasteiger partial charge is 0.251 e. The lowest BCUT2D eigenvalue weighted by Crippen LogP contribution is -2.34. The Balaban J connectivity index is 2.58. The van der Waals surface area contributed by atoms with E-state index in [9.17, 15) is 4.79 Å². The van der Waals surface area contributed by atoms with E-state index in [-0.39, 0.29) is 17.4 Å². The van der Waals surface area contributed by atoms with Crippen LogP contribution in [0, 0.1) is 5.41 Å². The number of rotatable bonds is 6. The molecule has 0 aromatic heterocycles. The molecule has 106 valence electrons. The molecule has 1 aromatic rings. The molecule has 1 rings (SSSR count). The van der Waals surface area contributed by atoms with Gasteiger partial charge in [0, 0.05) is 18.0 Å². The Labute approximate surface area is 120 Å². The first-order valence-corrected chi connectivity index (χ1v) is 6.98. The van der Waals surface area contributed by atoms with Crippen molar-refractivity contribution in [2.45, 2.75) is 33.8 Å². The van der Waals surface area contributed by atoms with E-state index in [0.717, 1.165) is 5.75 Å². The van der Waals surface area contributed by atoms with Crippen molar-refractivity contribution in [2.24, 2.45) is 5.41 Å². The van der Waals surface area contributed by atoms with Gasteiger partial charge in [-0.2, -0.15) is 0 Å². The van der Waals surface area contributed by atoms with E-state index in [1.165, 1.54) is 0 Å². The van der Waals surface area contributed by atoms with Gasteiger partial charge in [-0.3, -0.25) is 4.79 Å². The zero-order valence-electron chi connectivity index (χ0n) is 12.0. The van der Waals surface area contributed by atoms with Crippen molar-refractivity contribution < 1.29 is 9.53 Å². The Hall–Kier alpha value is -1.22. The molecule has 1 N–H and O–H groups in total. The van der Waals surface area contributed by atoms with Crippen molar-refractivity contribution in [1.82, 2.24) is 5.32 Å². The maximum atomic E-state index is 11.9. The second-order valence-corrected chi connectivity index (χ2v) is 5.94. The van der Waals surface area contributed by atoms with E-state index >= 15 is 0 Å². The molecule has 0 aliphatic rings. The second kappa shape index (κ2) is 6.80. The van der Waals surface area contributed by atoms with Gasteiger partial charge in [0.15, 0.2) is 0 Å². The molecule has 0 unspecified atom stereocenters. The highest BCUT2D eigenvalue weighted by molar-refractivity contribution is 6.18. The standard InChI is InChI=1S/C15H22ClNO2/c1-11(2)19-13-7-5-12(6-8-13)14(18)17-10-15(3,4)9-16/h5-8,11H,9-10H2,1-4H3,(H,17,18). The predicted molar refractivity (Wildman–Crippen MR) is 79.0 cm³/mol. The Morgan fingerprint density at radius 1 is 1.32 bits per heavy atom. The zero-order chi connectivity index (χ0) is 14.5. The van der Waals surface area contributed by atoms with Crippen LogP contribution in [-0.4, -0.2) is 24.4 Å². The summed E-state index contributed by atoms with van der Waals surface area (Å²) in [6.45, 7) is 8.52. The van der Waals surface area contributed by atoms with Crippen LogP contribution in [0.5, 0.6) is 5.75 Å². The van der Waals surface area contributed by atoms with Gasteiger partial charge < -0.3 is 10.1 Å². The summed E-state index contributed by atoms with van der Waals surface area (Å²) < 4.78 is 5.53. The molecule has 0 fully saturated rings. The molecule has 19 heavy (non-hydrogen) atoms. The summed E-state index contributed by atoms with van der Waals surface area (Å²) in [5.41, 5.74) is 0.527. The SMILES string of the molecule is CC(C)Oc1ccc(C(=O)NCC(C)(C)CCl)cc1. The van der Waals surface area contributed by atoms with Gasteiger partial charge in [-0.1, -0.05) is 13.8 Å². The third-order valence-corrected chi connectivity index (χ3v) is 3.30. The predicted octanol–water partition coefficient (Wildman–Crippen LogP) is 3.47. The molecule has 3 nitrogen and oxygen atoms in total. The van der Waals surface area contributed by atoms with Gasteiger partial charge in [-0.05, 0) is 43.5 Å². The van der Waals surface area contributed by atoms with Crippen LogP contribution in [0.4, 0.5) is 0 Å². The summed E-state index contributed by atoms with van der Waals surface area (Å²) >= 11 is 5.82. The maximum absolute atomic E-state index is 11.9. The number of amides is 1. The fourth-order valence-corrected chi connectivity index (χ4v) is 1.52. The van der Waals surface area contributed by atoms with Gasteiger partial charge in [0.1, 0.15) is 5.75 Å². The van der Waals surface area contributed by atoms with E-state index in [1.807, 2.05) is 39.8 Å². The van der Waals surface area contributed by atoms with Gasteiger partial charge in [0.25, 0.3) is 5.91 Å². The largest absolute Gasteiger partial charge is 0.491 e. The molecule has 1 aromatic carbocycles. The first kappa shape index (κ1) is 15.8. The Bertz CT molecular complexity index is 413. The van der Waals surface area contributed by atoms with Crippen LogP contribution in [0.15, 0.2) is 24.3 Å². The highest BCUT2D eigenvalue weighted by Gasteiger charge is 2.17. The number of carbonyl (C=O) groups excluding carboxylic acids is 1. The lowest BCUT2D eigenvalue weighted by atomic mass is 9.96. The molecular formula is C15H22ClNO2. The Morgan fingerprint density at radius 3 is 2.37 bits per heavy atom. The third-order valence-electron chi connectivity index (χ3n) is 2.58. The van der Waals surface area contributed by atoms with Crippen LogP contribution < -0.4 is 10.1 Å². The Kier molecular flexibility index (Phi) is 5.67. The number of hydrogen-bond donors (Lipinski definition) is 1. The van der Waals surface area contributed by atoms with Crippen molar-refractivity contribution in [2.75, 3.05) is 12.4 Å². The van der Waals surface area contributed by atoms with Crippen molar-refractivity contribution in [3.8, 4) is 5.75 Å². The van der Waals surface area contributed by atoms with Gasteiger partial charge >= 0.3 is 0 Å². The third kappa shape index (κ3) is 5.52. The zero-order valence-corrected chi connectivity index (χ0v) is 12.8. The number of halogens is 1. The highest BCUT2D eigenvalue weighted by Crippen LogP contribution is 2.16. The second-order valence-electron chi connectivity index (χ2n) is 5.67. The Morgan fingerprint density at radius 2 is 1.89 bits per heavy atom. The molecular weight excluding hydrogens is 262 g/mol. The van der Waals surface area contributed by atoms with Crippen molar-refractivity contribution >= 4 is 17.5 Å². The minimum atomic E-state index is -0.0993. The topological polar surface area (TPSA) is 38.3 Å². The summed E-state index contributed by atoms with van der Waals surface area (Å²) in [6.07, 6.45) is 0.129. The van der Waals surface area contributed by atoms with Crippen LogP contribution >= 0.6 is 11.6 Å². The van der Waals surface area contributed by atoms with Crippen molar-refractivity contribution in [1.29, 1.82) is 0 Å². The number of hydrogen-bond acceptors (Lipinski definition) is 2. The monoisotopic (exact) mass is 283 g/mol. The summed E-state index contributed by atoms with van der Waals surface area (Å²) in [6, 6.07) is 7.14. The molecule has 1 amide bonds. The lowest BCUT2D eigenvalue weighted by Gasteiger charge is -2.21. The molecule has 0 saturated carbocycles. The highest BCUT2D eigenvalue weighted by atomic mass is 35.5. The number of alkyl halides is 1. The van der Waals surface area contributed by atoms with E-state index in [4.69, 9.17) is 16.3 Å². The maximum Gasteiger partial charge on any atom is 0.251 e. The van der Waals surface area contributed by atoms with Crippen LogP contribution in [-0.2, 0) is 0 Å². The number of carbonyl (C=O) groups is 1. The average molecular weight is 284 g/mol. The fraction of sp³-hybridized carbons (Fsp3) is 0.533. The minimum absolute atomic E-state index is 0.0886. The van der Waals surface area contributed by atoms with E-state index < -0.39 is 0 Å². The summed E-state index contributed by atoms with van der Waals surface area (Å²) in [5, 5.41) is 2.89. The average Bonchev–Trinajstić information content (AvgIpc) is 2.36. The summed E-state index contributed by atoms with van der Waals surface area (Å²) in [5.74, 6) is 1.19. The molecule has 0 heterocycles. The number of benzene rings is 1. The number of ether oxygens (including phenoxy) is 1. The van der Waals surface area contributed by atoms with Crippen molar-refractivity contribution in [3.05, 3.63) is 29.8 Å². The minimum Gasteiger partial charge on any atom is -0.491 e. The van der Waals surface area contributed by atoms with E-state index in [1.54, 1.807) is 12.1 Å². The van der Waals surface area contributed by atoms with Gasteiger partial charge in [0.05, 0.1) is 6.10 Å². The lowest BCUT2D eigenvalue weighted by molar-refractivity contribution is 0.0940. The molecule has 0 aliphatic heterocycles. The molecule has 0 spiro atoms. The molecule has 0 atom stereocenters.